The Morgan fingerprint density at radius 2 is 0.778 bits per heavy atom. The zero-order chi connectivity index (χ0) is 13.7. The van der Waals surface area contributed by atoms with Gasteiger partial charge in [0.25, 0.3) is 22.6 Å². The standard InChI is InChI=1S/C12H27B3N3/c1-10(2)7-16-13-17(8-11(3)4)15-18(14-16)9-12(5)6/h10-12H,7-9H2,1-6H3. The van der Waals surface area contributed by atoms with E-state index >= 15 is 0 Å². The van der Waals surface area contributed by atoms with Crippen LogP contribution >= 0.6 is 0 Å². The third-order valence-corrected chi connectivity index (χ3v) is 2.62. The lowest BCUT2D eigenvalue weighted by Crippen LogP contribution is -2.63. The number of rotatable bonds is 6. The molecule has 0 N–H and O–H groups in total. The molecule has 0 saturated carbocycles. The van der Waals surface area contributed by atoms with Gasteiger partial charge < -0.3 is 14.2 Å². The predicted octanol–water partition coefficient (Wildman–Crippen LogP) is 1.48. The van der Waals surface area contributed by atoms with Crippen LogP contribution in [0.2, 0.25) is 0 Å². The third-order valence-electron chi connectivity index (χ3n) is 2.62. The van der Waals surface area contributed by atoms with Crippen molar-refractivity contribution in [2.45, 2.75) is 41.5 Å². The van der Waals surface area contributed by atoms with Gasteiger partial charge in [0.1, 0.15) is 0 Å². The fourth-order valence-electron chi connectivity index (χ4n) is 2.21. The van der Waals surface area contributed by atoms with Crippen LogP contribution in [0.4, 0.5) is 0 Å². The van der Waals surface area contributed by atoms with E-state index in [1.165, 1.54) is 0 Å². The Morgan fingerprint density at radius 3 is 0.944 bits per heavy atom. The molecular formula is C12H27B3N3. The minimum Gasteiger partial charge on any atom is -0.365 e. The second-order valence-electron chi connectivity index (χ2n) is 6.62. The van der Waals surface area contributed by atoms with E-state index in [-0.39, 0.29) is 0 Å². The van der Waals surface area contributed by atoms with E-state index in [2.05, 4.69) is 78.4 Å². The number of hydrogen-bond acceptors (Lipinski definition) is 3. The van der Waals surface area contributed by atoms with Crippen molar-refractivity contribution < 1.29 is 0 Å². The summed E-state index contributed by atoms with van der Waals surface area (Å²) in [6.45, 7) is 16.8. The number of hydrogen-bond donors (Lipinski definition) is 0. The van der Waals surface area contributed by atoms with Crippen LogP contribution in [0.3, 0.4) is 0 Å². The van der Waals surface area contributed by atoms with Gasteiger partial charge in [-0.25, -0.2) is 0 Å². The Kier molecular flexibility index (Phi) is 6.82. The third kappa shape index (κ3) is 6.30. The molecule has 0 bridgehead atoms. The zero-order valence-corrected chi connectivity index (χ0v) is 12.9. The quantitative estimate of drug-likeness (QED) is 0.657. The first-order chi connectivity index (χ1) is 8.36. The molecule has 1 saturated heterocycles. The molecule has 6 heteroatoms. The van der Waals surface area contributed by atoms with Crippen molar-refractivity contribution in [3.8, 4) is 0 Å². The maximum absolute atomic E-state index is 2.31. The predicted molar refractivity (Wildman–Crippen MR) is 81.9 cm³/mol. The van der Waals surface area contributed by atoms with Gasteiger partial charge in [-0.1, -0.05) is 41.5 Å². The van der Waals surface area contributed by atoms with E-state index in [0.717, 1.165) is 19.6 Å². The fourth-order valence-corrected chi connectivity index (χ4v) is 2.21. The van der Waals surface area contributed by atoms with Crippen LogP contribution in [-0.4, -0.2) is 56.4 Å². The Labute approximate surface area is 116 Å². The highest BCUT2D eigenvalue weighted by Gasteiger charge is 2.28. The van der Waals surface area contributed by atoms with Crippen molar-refractivity contribution in [1.29, 1.82) is 0 Å². The van der Waals surface area contributed by atoms with E-state index in [4.69, 9.17) is 0 Å². The molecule has 1 aliphatic rings. The molecule has 0 atom stereocenters. The lowest BCUT2D eigenvalue weighted by atomic mass is 9.72. The SMILES string of the molecule is CC(C)CN1[B]N(CC(C)C)[B]N(CC(C)C)[B]1. The molecule has 1 heterocycles. The van der Waals surface area contributed by atoms with Crippen molar-refractivity contribution in [2.24, 2.45) is 17.8 Å². The number of nitrogens with zero attached hydrogens (tertiary/aromatic N) is 3. The van der Waals surface area contributed by atoms with Gasteiger partial charge in [-0.15, -0.1) is 0 Å². The highest BCUT2D eigenvalue weighted by atomic mass is 15.3. The second kappa shape index (κ2) is 7.61. The summed E-state index contributed by atoms with van der Waals surface area (Å²) in [6, 6.07) is 0. The van der Waals surface area contributed by atoms with Gasteiger partial charge in [-0.3, -0.25) is 0 Å². The smallest absolute Gasteiger partial charge is 0.290 e. The van der Waals surface area contributed by atoms with E-state index in [9.17, 15) is 0 Å². The Hall–Kier alpha value is 0.0748. The van der Waals surface area contributed by atoms with E-state index < -0.39 is 0 Å². The van der Waals surface area contributed by atoms with Gasteiger partial charge >= 0.3 is 0 Å². The zero-order valence-electron chi connectivity index (χ0n) is 12.9. The molecule has 3 radical (unpaired) electrons. The van der Waals surface area contributed by atoms with Gasteiger partial charge in [0.15, 0.2) is 0 Å². The molecule has 1 aliphatic heterocycles. The van der Waals surface area contributed by atoms with Crippen molar-refractivity contribution in [1.82, 2.24) is 14.2 Å². The molecule has 0 aliphatic carbocycles. The van der Waals surface area contributed by atoms with Crippen LogP contribution in [0.15, 0.2) is 0 Å². The summed E-state index contributed by atoms with van der Waals surface area (Å²) in [7, 11) is 6.70. The molecule has 3 nitrogen and oxygen atoms in total. The summed E-state index contributed by atoms with van der Waals surface area (Å²) in [4.78, 5) is 0. The van der Waals surface area contributed by atoms with E-state index in [1.807, 2.05) is 0 Å². The lowest BCUT2D eigenvalue weighted by Gasteiger charge is -2.41. The summed E-state index contributed by atoms with van der Waals surface area (Å²) >= 11 is 0. The van der Waals surface area contributed by atoms with Crippen LogP contribution in [0.5, 0.6) is 0 Å². The average molecular weight is 246 g/mol. The largest absolute Gasteiger partial charge is 0.365 e. The molecule has 0 spiro atoms. The summed E-state index contributed by atoms with van der Waals surface area (Å²) in [5, 5.41) is 0. The highest BCUT2D eigenvalue weighted by molar-refractivity contribution is 6.64. The topological polar surface area (TPSA) is 9.72 Å². The molecule has 1 rings (SSSR count). The Balaban J connectivity index is 2.54. The summed E-state index contributed by atoms with van der Waals surface area (Å²) in [5.41, 5.74) is 0. The normalized spacial score (nSPS) is 19.2. The van der Waals surface area contributed by atoms with Crippen molar-refractivity contribution in [2.75, 3.05) is 19.6 Å². The van der Waals surface area contributed by atoms with Crippen molar-refractivity contribution in [3.63, 3.8) is 0 Å². The Morgan fingerprint density at radius 1 is 0.556 bits per heavy atom. The lowest BCUT2D eigenvalue weighted by molar-refractivity contribution is 0.397. The average Bonchev–Trinajstić information content (AvgIpc) is 2.12. The minimum atomic E-state index is 0.678. The van der Waals surface area contributed by atoms with Crippen molar-refractivity contribution >= 4 is 22.6 Å². The first-order valence-corrected chi connectivity index (χ1v) is 7.19. The van der Waals surface area contributed by atoms with Crippen LogP contribution in [0.1, 0.15) is 41.5 Å². The fraction of sp³-hybridized carbons (Fsp3) is 1.00. The van der Waals surface area contributed by atoms with Gasteiger partial charge in [-0.2, -0.15) is 0 Å². The second-order valence-corrected chi connectivity index (χ2v) is 6.62. The summed E-state index contributed by atoms with van der Waals surface area (Å²) in [5.74, 6) is 2.03. The van der Waals surface area contributed by atoms with Gasteiger partial charge in [0.2, 0.25) is 0 Å². The van der Waals surface area contributed by atoms with Crippen LogP contribution in [0.25, 0.3) is 0 Å². The monoisotopic (exact) mass is 246 g/mol. The van der Waals surface area contributed by atoms with Crippen LogP contribution in [-0.2, 0) is 0 Å². The summed E-state index contributed by atoms with van der Waals surface area (Å²) in [6.07, 6.45) is 0. The molecule has 1 fully saturated rings. The molecule has 0 aromatic carbocycles. The maximum atomic E-state index is 2.31. The molecule has 18 heavy (non-hydrogen) atoms. The van der Waals surface area contributed by atoms with Gasteiger partial charge in [0.05, 0.1) is 0 Å². The Bertz CT molecular complexity index is 193. The molecular weight excluding hydrogens is 219 g/mol. The molecule has 99 valence electrons. The first kappa shape index (κ1) is 16.1. The van der Waals surface area contributed by atoms with Gasteiger partial charge in [-0.05, 0) is 37.4 Å². The first-order valence-electron chi connectivity index (χ1n) is 7.19. The molecule has 0 unspecified atom stereocenters. The van der Waals surface area contributed by atoms with E-state index in [1.54, 1.807) is 0 Å². The molecule has 0 amide bonds. The highest BCUT2D eigenvalue weighted by Crippen LogP contribution is 2.09. The maximum Gasteiger partial charge on any atom is 0.290 e. The van der Waals surface area contributed by atoms with Crippen LogP contribution in [0, 0.1) is 17.8 Å². The van der Waals surface area contributed by atoms with E-state index in [0.29, 0.717) is 17.8 Å². The van der Waals surface area contributed by atoms with Crippen LogP contribution < -0.4 is 0 Å². The van der Waals surface area contributed by atoms with Crippen molar-refractivity contribution in [3.05, 3.63) is 0 Å². The molecule has 0 aromatic rings. The molecule has 0 aromatic heterocycles. The van der Waals surface area contributed by atoms with Gasteiger partial charge in [0, 0.05) is 0 Å². The summed E-state index contributed by atoms with van der Waals surface area (Å²) < 4.78 is 6.94. The minimum absolute atomic E-state index is 0.678.